The van der Waals surface area contributed by atoms with Gasteiger partial charge in [-0.2, -0.15) is 0 Å². The molecule has 0 unspecified atom stereocenters. The molecule has 2 N–H and O–H groups in total. The molecule has 152 valence electrons. The van der Waals surface area contributed by atoms with E-state index in [-0.39, 0.29) is 29.0 Å². The van der Waals surface area contributed by atoms with Crippen LogP contribution in [0.25, 0.3) is 0 Å². The average molecular weight is 379 g/mol. The summed E-state index contributed by atoms with van der Waals surface area (Å²) in [6.07, 6.45) is 4.10. The number of carbonyl (C=O) groups excluding carboxylic acids is 2. The minimum atomic E-state index is -0.686. The molecule has 0 aromatic rings. The van der Waals surface area contributed by atoms with Crippen molar-refractivity contribution in [1.29, 1.82) is 0 Å². The van der Waals surface area contributed by atoms with Crippen LogP contribution in [0, 0.1) is 34.0 Å². The van der Waals surface area contributed by atoms with Crippen LogP contribution in [0.5, 0.6) is 0 Å². The quantitative estimate of drug-likeness (QED) is 0.583. The van der Waals surface area contributed by atoms with Crippen LogP contribution in [-0.4, -0.2) is 40.8 Å². The van der Waals surface area contributed by atoms with E-state index < -0.39 is 35.6 Å². The molecule has 5 nitrogen and oxygen atoms in total. The fraction of sp³-hybridized carbons (Fsp3) is 0.818. The first kappa shape index (κ1) is 20.5. The van der Waals surface area contributed by atoms with Crippen molar-refractivity contribution in [3.8, 4) is 0 Å². The van der Waals surface area contributed by atoms with E-state index in [9.17, 15) is 19.8 Å². The molecule has 0 aromatic heterocycles. The second kappa shape index (κ2) is 6.70. The van der Waals surface area contributed by atoms with E-state index in [1.807, 2.05) is 6.92 Å². The Morgan fingerprint density at radius 2 is 2.00 bits per heavy atom. The van der Waals surface area contributed by atoms with Crippen molar-refractivity contribution in [3.05, 3.63) is 12.7 Å². The van der Waals surface area contributed by atoms with E-state index >= 15 is 0 Å². The lowest BCUT2D eigenvalue weighted by Gasteiger charge is -2.61. The molecule has 3 fully saturated rings. The van der Waals surface area contributed by atoms with E-state index in [0.29, 0.717) is 12.8 Å². The predicted molar refractivity (Wildman–Crippen MR) is 102 cm³/mol. The molecule has 0 heterocycles. The van der Waals surface area contributed by atoms with Crippen molar-refractivity contribution < 1.29 is 24.5 Å². The molecule has 0 aromatic carbocycles. The Labute approximate surface area is 162 Å². The molecule has 27 heavy (non-hydrogen) atoms. The van der Waals surface area contributed by atoms with Crippen LogP contribution in [0.1, 0.15) is 59.8 Å². The molecular formula is C22H34O5. The number of Topliss-reactive ketones (excluding diaryl/α,β-unsaturated/α-hetero) is 1. The molecule has 3 rings (SSSR count). The number of rotatable bonds is 3. The Balaban J connectivity index is 2.21. The molecule has 5 heteroatoms. The predicted octanol–water partition coefficient (Wildman–Crippen LogP) is 2.89. The Morgan fingerprint density at radius 1 is 1.33 bits per heavy atom. The van der Waals surface area contributed by atoms with Gasteiger partial charge in [-0.15, -0.1) is 6.58 Å². The second-order valence-corrected chi connectivity index (χ2v) is 9.72. The van der Waals surface area contributed by atoms with Crippen molar-refractivity contribution >= 4 is 11.8 Å². The maximum atomic E-state index is 13.1. The van der Waals surface area contributed by atoms with Crippen molar-refractivity contribution in [2.75, 3.05) is 6.61 Å². The maximum absolute atomic E-state index is 13.1. The van der Waals surface area contributed by atoms with E-state index in [1.165, 1.54) is 0 Å². The SMILES string of the molecule is C=C[C@]1(C)C[C@@H](OC(=O)CO)[C@]2(C)[C@H](C)CC[C@@]3(CCC(=O)[C@@H]32)[C@@H](C)[C@@H]1O. The lowest BCUT2D eigenvalue weighted by atomic mass is 9.44. The van der Waals surface area contributed by atoms with E-state index in [1.54, 1.807) is 6.08 Å². The highest BCUT2D eigenvalue weighted by atomic mass is 16.6. The molecule has 8 atom stereocenters. The zero-order valence-corrected chi connectivity index (χ0v) is 17.0. The summed E-state index contributed by atoms with van der Waals surface area (Å²) < 4.78 is 5.77. The largest absolute Gasteiger partial charge is 0.460 e. The van der Waals surface area contributed by atoms with Gasteiger partial charge < -0.3 is 14.9 Å². The molecule has 3 aliphatic rings. The highest BCUT2D eigenvalue weighted by Crippen LogP contribution is 2.67. The zero-order chi connectivity index (χ0) is 20.2. The third kappa shape index (κ3) is 2.72. The van der Waals surface area contributed by atoms with Gasteiger partial charge in [0.25, 0.3) is 0 Å². The maximum Gasteiger partial charge on any atom is 0.332 e. The number of carbonyl (C=O) groups is 2. The third-order valence-electron chi connectivity index (χ3n) is 8.70. The average Bonchev–Trinajstić information content (AvgIpc) is 3.00. The highest BCUT2D eigenvalue weighted by Gasteiger charge is 2.68. The third-order valence-corrected chi connectivity index (χ3v) is 8.70. The van der Waals surface area contributed by atoms with Crippen LogP contribution in [0.3, 0.4) is 0 Å². The van der Waals surface area contributed by atoms with Gasteiger partial charge in [0, 0.05) is 23.2 Å². The summed E-state index contributed by atoms with van der Waals surface area (Å²) in [5, 5.41) is 20.6. The van der Waals surface area contributed by atoms with Gasteiger partial charge in [-0.3, -0.25) is 4.79 Å². The minimum Gasteiger partial charge on any atom is -0.460 e. The van der Waals surface area contributed by atoms with Gasteiger partial charge in [0.15, 0.2) is 0 Å². The number of hydrogen-bond donors (Lipinski definition) is 2. The summed E-state index contributed by atoms with van der Waals surface area (Å²) in [4.78, 5) is 25.2. The molecule has 0 spiro atoms. The van der Waals surface area contributed by atoms with E-state index in [2.05, 4.69) is 27.4 Å². The van der Waals surface area contributed by atoms with Crippen LogP contribution in [-0.2, 0) is 14.3 Å². The Kier molecular flexibility index (Phi) is 5.09. The summed E-state index contributed by atoms with van der Waals surface area (Å²) >= 11 is 0. The first-order chi connectivity index (χ1) is 12.6. The number of ketones is 1. The first-order valence-corrected chi connectivity index (χ1v) is 10.2. The van der Waals surface area contributed by atoms with E-state index in [4.69, 9.17) is 4.74 Å². The van der Waals surface area contributed by atoms with Crippen LogP contribution < -0.4 is 0 Å². The molecule has 0 radical (unpaired) electrons. The number of ether oxygens (including phenoxy) is 1. The lowest BCUT2D eigenvalue weighted by molar-refractivity contribution is -0.207. The molecule has 2 bridgehead atoms. The van der Waals surface area contributed by atoms with Gasteiger partial charge in [-0.1, -0.05) is 33.8 Å². The zero-order valence-electron chi connectivity index (χ0n) is 17.0. The number of aliphatic hydroxyl groups is 2. The summed E-state index contributed by atoms with van der Waals surface area (Å²) in [6, 6.07) is 0. The molecular weight excluding hydrogens is 344 g/mol. The number of aliphatic hydroxyl groups excluding tert-OH is 2. The van der Waals surface area contributed by atoms with Crippen molar-refractivity contribution in [1.82, 2.24) is 0 Å². The lowest BCUT2D eigenvalue weighted by Crippen LogP contribution is -2.63. The van der Waals surface area contributed by atoms with Gasteiger partial charge in [-0.25, -0.2) is 4.79 Å². The topological polar surface area (TPSA) is 83.8 Å². The van der Waals surface area contributed by atoms with Gasteiger partial charge in [0.2, 0.25) is 0 Å². The standard InChI is InChI=1S/C22H34O5/c1-6-20(4)11-16(27-17(25)12-23)21(5)13(2)7-9-22(14(3)19(20)26)10-8-15(24)18(21)22/h6,13-14,16,18-19,23,26H,1,7-12H2,2-5H3/t13-,14+,16-,18-,19+,20-,21+,22-/m1/s1. The summed E-state index contributed by atoms with van der Waals surface area (Å²) in [6.45, 7) is 11.5. The fourth-order valence-corrected chi connectivity index (χ4v) is 6.70. The molecule has 0 amide bonds. The van der Waals surface area contributed by atoms with Crippen LogP contribution >= 0.6 is 0 Å². The normalized spacial score (nSPS) is 49.7. The molecule has 0 aliphatic heterocycles. The summed E-state index contributed by atoms with van der Waals surface area (Å²) in [5.41, 5.74) is -1.43. The monoisotopic (exact) mass is 378 g/mol. The van der Waals surface area contributed by atoms with Crippen LogP contribution in [0.15, 0.2) is 12.7 Å². The Hall–Kier alpha value is -1.20. The first-order valence-electron chi connectivity index (χ1n) is 10.2. The van der Waals surface area contributed by atoms with Crippen molar-refractivity contribution in [2.24, 2.45) is 34.0 Å². The van der Waals surface area contributed by atoms with E-state index in [0.717, 1.165) is 19.3 Å². The smallest absolute Gasteiger partial charge is 0.332 e. The van der Waals surface area contributed by atoms with Crippen molar-refractivity contribution in [3.63, 3.8) is 0 Å². The fourth-order valence-electron chi connectivity index (χ4n) is 6.70. The Morgan fingerprint density at radius 3 is 2.59 bits per heavy atom. The number of hydrogen-bond acceptors (Lipinski definition) is 5. The summed E-state index contributed by atoms with van der Waals surface area (Å²) in [7, 11) is 0. The van der Waals surface area contributed by atoms with Gasteiger partial charge in [0.1, 0.15) is 18.5 Å². The molecule has 0 saturated heterocycles. The van der Waals surface area contributed by atoms with Gasteiger partial charge in [0.05, 0.1) is 6.10 Å². The van der Waals surface area contributed by atoms with Crippen LogP contribution in [0.2, 0.25) is 0 Å². The number of esters is 1. The van der Waals surface area contributed by atoms with Crippen molar-refractivity contribution in [2.45, 2.75) is 72.0 Å². The van der Waals surface area contributed by atoms with Gasteiger partial charge in [-0.05, 0) is 42.9 Å². The molecule has 3 aliphatic carbocycles. The van der Waals surface area contributed by atoms with Gasteiger partial charge >= 0.3 is 5.97 Å². The van der Waals surface area contributed by atoms with Crippen LogP contribution in [0.4, 0.5) is 0 Å². The minimum absolute atomic E-state index is 0.0433. The molecule has 3 saturated carbocycles. The summed E-state index contributed by atoms with van der Waals surface area (Å²) in [5.74, 6) is -0.520. The highest BCUT2D eigenvalue weighted by molar-refractivity contribution is 5.85. The second-order valence-electron chi connectivity index (χ2n) is 9.72. The Bertz CT molecular complexity index is 645.